The van der Waals surface area contributed by atoms with E-state index in [1.165, 1.54) is 27.8 Å². The number of rotatable bonds is 4. The van der Waals surface area contributed by atoms with Crippen LogP contribution in [0.25, 0.3) is 22.6 Å². The highest BCUT2D eigenvalue weighted by molar-refractivity contribution is 5.72. The number of ether oxygens (including phenoxy) is 1. The molecule has 5 rings (SSSR count). The summed E-state index contributed by atoms with van der Waals surface area (Å²) in [6, 6.07) is 29.6. The number of fused-ring (bicyclic) bond motifs is 3. The van der Waals surface area contributed by atoms with Gasteiger partial charge in [0.25, 0.3) is 0 Å². The standard InChI is InChI=1S/C27H23O2.ClHO4/c1-28-23-14-11-19(12-15-23)17-22-18-26(21-8-3-2-4-9-21)29-27-24-10-6-5-7-20(24)13-16-25(22)27;2-1(3,4)5/h2-12,14-15,18H,13,16-17H2,1H3;(H,2,3,4,5)/q+1;/p-1. The zero-order valence-corrected chi connectivity index (χ0v) is 19.3. The molecule has 0 spiro atoms. The number of hydrogen-bond acceptors (Lipinski definition) is 5. The minimum absolute atomic E-state index is 0.880. The molecule has 1 heterocycles. The summed E-state index contributed by atoms with van der Waals surface area (Å²) in [7, 11) is -3.24. The quantitative estimate of drug-likeness (QED) is 0.413. The van der Waals surface area contributed by atoms with Gasteiger partial charge in [-0.3, -0.25) is 0 Å². The number of benzene rings is 3. The molecule has 0 atom stereocenters. The maximum Gasteiger partial charge on any atom is 0.364 e. The fraction of sp³-hybridized carbons (Fsp3) is 0.148. The number of halogens is 1. The maximum atomic E-state index is 8.49. The van der Waals surface area contributed by atoms with Crippen LogP contribution in [0.1, 0.15) is 22.3 Å². The van der Waals surface area contributed by atoms with E-state index in [1.54, 1.807) is 7.11 Å². The highest BCUT2D eigenvalue weighted by atomic mass is 35.7. The minimum atomic E-state index is -4.94. The second-order valence-electron chi connectivity index (χ2n) is 7.87. The van der Waals surface area contributed by atoms with E-state index in [2.05, 4.69) is 66.7 Å². The molecule has 0 amide bonds. The van der Waals surface area contributed by atoms with Gasteiger partial charge < -0.3 is 4.74 Å². The van der Waals surface area contributed by atoms with Crippen LogP contribution in [-0.2, 0) is 19.3 Å². The third-order valence-electron chi connectivity index (χ3n) is 5.70. The first kappa shape index (κ1) is 23.9. The summed E-state index contributed by atoms with van der Waals surface area (Å²) >= 11 is 0. The molecule has 34 heavy (non-hydrogen) atoms. The Morgan fingerprint density at radius 1 is 0.824 bits per heavy atom. The van der Waals surface area contributed by atoms with Crippen LogP contribution in [0.2, 0.25) is 0 Å². The highest BCUT2D eigenvalue weighted by Gasteiger charge is 2.31. The van der Waals surface area contributed by atoms with Gasteiger partial charge in [0.15, 0.2) is 0 Å². The molecule has 1 aromatic heterocycles. The Morgan fingerprint density at radius 2 is 1.47 bits per heavy atom. The second-order valence-corrected chi connectivity index (χ2v) is 8.63. The molecule has 0 aliphatic heterocycles. The zero-order chi connectivity index (χ0) is 24.1. The Hall–Kier alpha value is -3.26. The van der Waals surface area contributed by atoms with E-state index in [-0.39, 0.29) is 0 Å². The third kappa shape index (κ3) is 5.99. The summed E-state index contributed by atoms with van der Waals surface area (Å²) in [4.78, 5) is 0. The highest BCUT2D eigenvalue weighted by Crippen LogP contribution is 2.39. The van der Waals surface area contributed by atoms with Crippen LogP contribution in [0.4, 0.5) is 0 Å². The van der Waals surface area contributed by atoms with Crippen molar-refractivity contribution in [2.24, 2.45) is 0 Å². The van der Waals surface area contributed by atoms with Crippen LogP contribution < -0.4 is 23.4 Å². The van der Waals surface area contributed by atoms with Crippen LogP contribution >= 0.6 is 0 Å². The molecule has 0 unspecified atom stereocenters. The summed E-state index contributed by atoms with van der Waals surface area (Å²) in [6.07, 6.45) is 2.94. The largest absolute Gasteiger partial charge is 0.497 e. The molecule has 0 fully saturated rings. The van der Waals surface area contributed by atoms with Crippen molar-refractivity contribution >= 4 is 0 Å². The molecule has 0 N–H and O–H groups in total. The van der Waals surface area contributed by atoms with Gasteiger partial charge in [-0.15, -0.1) is 10.2 Å². The number of aryl methyl sites for hydroxylation is 1. The summed E-state index contributed by atoms with van der Waals surface area (Å²) < 4.78 is 45.8. The van der Waals surface area contributed by atoms with Gasteiger partial charge in [0.05, 0.1) is 23.8 Å². The molecule has 174 valence electrons. The van der Waals surface area contributed by atoms with Gasteiger partial charge in [0.2, 0.25) is 0 Å². The average molecular weight is 479 g/mol. The van der Waals surface area contributed by atoms with E-state index in [4.69, 9.17) is 27.8 Å². The average Bonchev–Trinajstić information content (AvgIpc) is 2.84. The van der Waals surface area contributed by atoms with Gasteiger partial charge in [-0.2, -0.15) is 0 Å². The zero-order valence-electron chi connectivity index (χ0n) is 18.5. The monoisotopic (exact) mass is 478 g/mol. The molecule has 6 nitrogen and oxygen atoms in total. The van der Waals surface area contributed by atoms with Gasteiger partial charge in [0, 0.05) is 6.07 Å². The van der Waals surface area contributed by atoms with E-state index in [0.29, 0.717) is 0 Å². The van der Waals surface area contributed by atoms with Gasteiger partial charge >= 0.3 is 11.5 Å². The van der Waals surface area contributed by atoms with E-state index in [0.717, 1.165) is 42.1 Å². The third-order valence-corrected chi connectivity index (χ3v) is 5.70. The molecule has 3 aromatic carbocycles. The molecular weight excluding hydrogens is 456 g/mol. The van der Waals surface area contributed by atoms with Crippen molar-refractivity contribution in [2.45, 2.75) is 19.3 Å². The van der Waals surface area contributed by atoms with Gasteiger partial charge in [-0.1, -0.05) is 48.5 Å². The summed E-state index contributed by atoms with van der Waals surface area (Å²) in [5.74, 6) is 2.83. The second kappa shape index (κ2) is 10.3. The van der Waals surface area contributed by atoms with Gasteiger partial charge in [-0.05, 0) is 66.3 Å². The normalized spacial score (nSPS) is 12.1. The fourth-order valence-electron chi connectivity index (χ4n) is 4.17. The van der Waals surface area contributed by atoms with Crippen molar-refractivity contribution in [3.05, 3.63) is 107 Å². The molecule has 1 aliphatic rings. The van der Waals surface area contributed by atoms with Crippen LogP contribution in [0.5, 0.6) is 5.75 Å². The smallest absolute Gasteiger partial charge is 0.364 e. The van der Waals surface area contributed by atoms with Gasteiger partial charge in [-0.25, -0.2) is 23.1 Å². The lowest BCUT2D eigenvalue weighted by Gasteiger charge is -2.17. The molecule has 0 saturated heterocycles. The topological polar surface area (TPSA) is 113 Å². The van der Waals surface area contributed by atoms with Crippen LogP contribution in [-0.4, -0.2) is 7.11 Å². The van der Waals surface area contributed by atoms with Crippen molar-refractivity contribution in [2.75, 3.05) is 7.11 Å². The summed E-state index contributed by atoms with van der Waals surface area (Å²) in [6.45, 7) is 0. The minimum Gasteiger partial charge on any atom is -0.497 e. The SMILES string of the molecule is COc1ccc(Cc2cc(-c3ccccc3)[o+]c3c2CCc2ccccc2-3)cc1.[O-][Cl+3]([O-])([O-])[O-]. The Morgan fingerprint density at radius 3 is 2.15 bits per heavy atom. The maximum absolute atomic E-state index is 8.49. The van der Waals surface area contributed by atoms with Crippen LogP contribution in [0.3, 0.4) is 0 Å². The van der Waals surface area contributed by atoms with E-state index in [9.17, 15) is 0 Å². The Labute approximate surface area is 200 Å². The lowest BCUT2D eigenvalue weighted by Crippen LogP contribution is -2.68. The molecule has 0 bridgehead atoms. The summed E-state index contributed by atoms with van der Waals surface area (Å²) in [5.41, 5.74) is 7.64. The Balaban J connectivity index is 0.000000499. The van der Waals surface area contributed by atoms with E-state index < -0.39 is 10.2 Å². The van der Waals surface area contributed by atoms with Gasteiger partial charge in [0.1, 0.15) is 5.75 Å². The lowest BCUT2D eigenvalue weighted by molar-refractivity contribution is -2.00. The lowest BCUT2D eigenvalue weighted by atomic mass is 9.85. The Bertz CT molecular complexity index is 1240. The van der Waals surface area contributed by atoms with Crippen molar-refractivity contribution in [1.82, 2.24) is 0 Å². The molecule has 7 heteroatoms. The van der Waals surface area contributed by atoms with Crippen LogP contribution in [0.15, 0.2) is 89.3 Å². The molecule has 0 radical (unpaired) electrons. The van der Waals surface area contributed by atoms with Crippen molar-refractivity contribution in [1.29, 1.82) is 0 Å². The first-order valence-electron chi connectivity index (χ1n) is 10.7. The van der Waals surface area contributed by atoms with E-state index in [1.807, 2.05) is 18.2 Å². The van der Waals surface area contributed by atoms with Crippen molar-refractivity contribution < 1.29 is 38.0 Å². The molecular formula is C27H23ClO6. The first-order valence-corrected chi connectivity index (χ1v) is 11.9. The number of methoxy groups -OCH3 is 1. The summed E-state index contributed by atoms with van der Waals surface area (Å²) in [5, 5.41) is 0. The number of hydrogen-bond donors (Lipinski definition) is 0. The van der Waals surface area contributed by atoms with E-state index >= 15 is 0 Å². The molecule has 1 aliphatic carbocycles. The predicted octanol–water partition coefficient (Wildman–Crippen LogP) is 1.84. The first-order chi connectivity index (χ1) is 16.3. The predicted molar refractivity (Wildman–Crippen MR) is 117 cm³/mol. The molecule has 0 saturated carbocycles. The Kier molecular flexibility index (Phi) is 7.26. The van der Waals surface area contributed by atoms with Crippen molar-refractivity contribution in [3.8, 4) is 28.4 Å². The molecule has 4 aromatic rings. The fourth-order valence-corrected chi connectivity index (χ4v) is 4.17. The van der Waals surface area contributed by atoms with Crippen LogP contribution in [0, 0.1) is 10.2 Å². The van der Waals surface area contributed by atoms with Crippen molar-refractivity contribution in [3.63, 3.8) is 0 Å².